The van der Waals surface area contributed by atoms with Crippen molar-refractivity contribution >= 4 is 0 Å². The quantitative estimate of drug-likeness (QED) is 0.805. The molecule has 1 N–H and O–H groups in total. The van der Waals surface area contributed by atoms with E-state index < -0.39 is 0 Å². The van der Waals surface area contributed by atoms with Gasteiger partial charge >= 0.3 is 0 Å². The maximum atomic E-state index is 3.64. The van der Waals surface area contributed by atoms with Crippen LogP contribution < -0.4 is 5.32 Å². The van der Waals surface area contributed by atoms with E-state index in [0.717, 1.165) is 29.6 Å². The average molecular weight is 283 g/mol. The van der Waals surface area contributed by atoms with Crippen molar-refractivity contribution in [1.82, 2.24) is 5.32 Å². The molecule has 5 atom stereocenters. The van der Waals surface area contributed by atoms with Gasteiger partial charge in [0.2, 0.25) is 0 Å². The molecule has 0 spiro atoms. The van der Waals surface area contributed by atoms with Crippen molar-refractivity contribution in [3.8, 4) is 0 Å². The summed E-state index contributed by atoms with van der Waals surface area (Å²) in [5, 5.41) is 3.64. The molecule has 21 heavy (non-hydrogen) atoms. The van der Waals surface area contributed by atoms with Gasteiger partial charge in [-0.05, 0) is 79.9 Å². The molecule has 0 radical (unpaired) electrons. The second-order valence-electron chi connectivity index (χ2n) is 7.68. The van der Waals surface area contributed by atoms with Gasteiger partial charge in [0.25, 0.3) is 0 Å². The van der Waals surface area contributed by atoms with Crippen molar-refractivity contribution in [2.75, 3.05) is 7.05 Å². The highest BCUT2D eigenvalue weighted by atomic mass is 14.9. The van der Waals surface area contributed by atoms with Gasteiger partial charge in [0.15, 0.2) is 0 Å². The molecule has 5 unspecified atom stereocenters. The lowest BCUT2D eigenvalue weighted by molar-refractivity contribution is 0.385. The molecule has 0 amide bonds. The summed E-state index contributed by atoms with van der Waals surface area (Å²) in [5.41, 5.74) is 3.03. The highest BCUT2D eigenvalue weighted by Crippen LogP contribution is 2.72. The molecule has 0 saturated heterocycles. The largest absolute Gasteiger partial charge is 0.313 e. The number of hydrogen-bond donors (Lipinski definition) is 1. The third kappa shape index (κ3) is 2.25. The van der Waals surface area contributed by atoms with Crippen LogP contribution in [0.4, 0.5) is 0 Å². The second-order valence-corrected chi connectivity index (χ2v) is 7.68. The van der Waals surface area contributed by atoms with E-state index in [-0.39, 0.29) is 0 Å². The molecule has 3 aliphatic rings. The summed E-state index contributed by atoms with van der Waals surface area (Å²) in [6, 6.07) is 10.1. The van der Waals surface area contributed by atoms with E-state index >= 15 is 0 Å². The Morgan fingerprint density at radius 1 is 1.10 bits per heavy atom. The summed E-state index contributed by atoms with van der Waals surface area (Å²) in [4.78, 5) is 0. The molecule has 0 heterocycles. The van der Waals surface area contributed by atoms with E-state index in [1.807, 2.05) is 0 Å². The summed E-state index contributed by atoms with van der Waals surface area (Å²) < 4.78 is 0. The Labute approximate surface area is 129 Å². The highest BCUT2D eigenvalue weighted by molar-refractivity contribution is 5.29. The Kier molecular flexibility index (Phi) is 3.57. The van der Waals surface area contributed by atoms with Crippen LogP contribution in [0.5, 0.6) is 0 Å². The number of benzene rings is 1. The first-order valence-electron chi connectivity index (χ1n) is 9.09. The SMILES string of the molecule is CCCCc1ccc(C(NC)C2C3C4CCC(C4)C32)cc1. The number of unbranched alkanes of at least 4 members (excludes halogenated alkanes) is 1. The van der Waals surface area contributed by atoms with Crippen molar-refractivity contribution in [3.63, 3.8) is 0 Å². The maximum Gasteiger partial charge on any atom is 0.0351 e. The Morgan fingerprint density at radius 3 is 2.33 bits per heavy atom. The molecular weight excluding hydrogens is 254 g/mol. The van der Waals surface area contributed by atoms with E-state index in [2.05, 4.69) is 43.6 Å². The molecule has 1 aromatic rings. The van der Waals surface area contributed by atoms with Gasteiger partial charge < -0.3 is 5.32 Å². The zero-order valence-corrected chi connectivity index (χ0v) is 13.5. The number of rotatable bonds is 6. The smallest absolute Gasteiger partial charge is 0.0351 e. The molecular formula is C20H29N. The molecule has 1 nitrogen and oxygen atoms in total. The molecule has 1 heteroatoms. The number of hydrogen-bond acceptors (Lipinski definition) is 1. The Morgan fingerprint density at radius 2 is 1.76 bits per heavy atom. The second kappa shape index (κ2) is 5.43. The van der Waals surface area contributed by atoms with E-state index in [0.29, 0.717) is 6.04 Å². The molecule has 114 valence electrons. The molecule has 3 saturated carbocycles. The first kappa shape index (κ1) is 13.8. The van der Waals surface area contributed by atoms with Gasteiger partial charge in [0.05, 0.1) is 0 Å². The predicted molar refractivity (Wildman–Crippen MR) is 88.2 cm³/mol. The van der Waals surface area contributed by atoms with Gasteiger partial charge in [-0.2, -0.15) is 0 Å². The minimum atomic E-state index is 0.601. The lowest BCUT2D eigenvalue weighted by atomic mass is 9.92. The topological polar surface area (TPSA) is 12.0 Å². The number of aryl methyl sites for hydroxylation is 1. The lowest BCUT2D eigenvalue weighted by Crippen LogP contribution is -2.21. The molecule has 3 fully saturated rings. The van der Waals surface area contributed by atoms with Crippen LogP contribution in [0.2, 0.25) is 0 Å². The Bertz CT molecular complexity index is 475. The Balaban J connectivity index is 1.47. The van der Waals surface area contributed by atoms with Crippen molar-refractivity contribution in [2.45, 2.75) is 51.5 Å². The molecule has 2 bridgehead atoms. The first-order valence-corrected chi connectivity index (χ1v) is 9.09. The van der Waals surface area contributed by atoms with Crippen LogP contribution >= 0.6 is 0 Å². The van der Waals surface area contributed by atoms with Crippen molar-refractivity contribution in [1.29, 1.82) is 0 Å². The van der Waals surface area contributed by atoms with Crippen LogP contribution in [-0.2, 0) is 6.42 Å². The van der Waals surface area contributed by atoms with Crippen LogP contribution in [0.15, 0.2) is 24.3 Å². The van der Waals surface area contributed by atoms with Crippen LogP contribution in [0.3, 0.4) is 0 Å². The van der Waals surface area contributed by atoms with E-state index in [1.165, 1.54) is 43.2 Å². The van der Waals surface area contributed by atoms with Crippen LogP contribution in [0.1, 0.15) is 56.2 Å². The van der Waals surface area contributed by atoms with Crippen LogP contribution in [-0.4, -0.2) is 7.05 Å². The molecule has 1 aromatic carbocycles. The van der Waals surface area contributed by atoms with Crippen LogP contribution in [0.25, 0.3) is 0 Å². The maximum absolute atomic E-state index is 3.64. The third-order valence-electron chi connectivity index (χ3n) is 6.65. The molecule has 4 rings (SSSR count). The van der Waals surface area contributed by atoms with Crippen molar-refractivity contribution in [2.24, 2.45) is 29.6 Å². The molecule has 0 aromatic heterocycles. The van der Waals surface area contributed by atoms with E-state index in [9.17, 15) is 0 Å². The van der Waals surface area contributed by atoms with E-state index in [4.69, 9.17) is 0 Å². The lowest BCUT2D eigenvalue weighted by Gasteiger charge is -2.21. The number of nitrogens with one attached hydrogen (secondary N) is 1. The fourth-order valence-corrected chi connectivity index (χ4v) is 5.69. The zero-order chi connectivity index (χ0) is 14.4. The normalized spacial score (nSPS) is 37.5. The Hall–Kier alpha value is -0.820. The minimum Gasteiger partial charge on any atom is -0.313 e. The number of fused-ring (bicyclic) bond motifs is 5. The molecule has 3 aliphatic carbocycles. The van der Waals surface area contributed by atoms with Gasteiger partial charge in [-0.3, -0.25) is 0 Å². The standard InChI is InChI=1S/C20H29N/c1-3-4-5-13-6-8-14(9-7-13)20(21-2)19-17-15-10-11-16(12-15)18(17)19/h6-9,15-21H,3-5,10-12H2,1-2H3. The minimum absolute atomic E-state index is 0.601. The summed E-state index contributed by atoms with van der Waals surface area (Å²) in [6.07, 6.45) is 8.43. The highest BCUT2D eigenvalue weighted by Gasteiger charge is 2.66. The van der Waals surface area contributed by atoms with Crippen molar-refractivity contribution < 1.29 is 0 Å². The van der Waals surface area contributed by atoms with Crippen LogP contribution in [0, 0.1) is 29.6 Å². The van der Waals surface area contributed by atoms with Gasteiger partial charge in [-0.1, -0.05) is 37.6 Å². The van der Waals surface area contributed by atoms with Gasteiger partial charge in [0, 0.05) is 6.04 Å². The van der Waals surface area contributed by atoms with Gasteiger partial charge in [-0.15, -0.1) is 0 Å². The monoisotopic (exact) mass is 283 g/mol. The summed E-state index contributed by atoms with van der Waals surface area (Å²) in [5.74, 6) is 5.19. The summed E-state index contributed by atoms with van der Waals surface area (Å²) >= 11 is 0. The zero-order valence-electron chi connectivity index (χ0n) is 13.5. The summed E-state index contributed by atoms with van der Waals surface area (Å²) in [7, 11) is 2.16. The third-order valence-corrected chi connectivity index (χ3v) is 6.65. The average Bonchev–Trinajstić information content (AvgIpc) is 2.93. The molecule has 0 aliphatic heterocycles. The first-order chi connectivity index (χ1) is 10.3. The fourth-order valence-electron chi connectivity index (χ4n) is 5.69. The van der Waals surface area contributed by atoms with Crippen molar-refractivity contribution in [3.05, 3.63) is 35.4 Å². The van der Waals surface area contributed by atoms with Gasteiger partial charge in [-0.25, -0.2) is 0 Å². The fraction of sp³-hybridized carbons (Fsp3) is 0.700. The van der Waals surface area contributed by atoms with E-state index in [1.54, 1.807) is 6.42 Å². The predicted octanol–water partition coefficient (Wildman–Crippen LogP) is 4.58. The van der Waals surface area contributed by atoms with Gasteiger partial charge in [0.1, 0.15) is 0 Å². The summed E-state index contributed by atoms with van der Waals surface area (Å²) in [6.45, 7) is 2.27.